The molecule has 0 aromatic heterocycles. The zero-order valence-electron chi connectivity index (χ0n) is 10.1. The fraction of sp³-hybridized carbons (Fsp3) is 0.308. The summed E-state index contributed by atoms with van der Waals surface area (Å²) >= 11 is 0. The molecule has 0 radical (unpaired) electrons. The third kappa shape index (κ3) is 3.24. The highest BCUT2D eigenvalue weighted by atomic mass is 16.7. The molecule has 5 heteroatoms. The van der Waals surface area contributed by atoms with Crippen molar-refractivity contribution in [2.75, 3.05) is 27.1 Å². The molecular weight excluding hydrogens is 234 g/mol. The molecule has 1 heterocycles. The van der Waals surface area contributed by atoms with E-state index in [0.717, 1.165) is 11.3 Å². The number of nitrogens with one attached hydrogen (secondary N) is 1. The number of rotatable bonds is 5. The van der Waals surface area contributed by atoms with Gasteiger partial charge in [0.2, 0.25) is 12.7 Å². The topological polar surface area (TPSA) is 56.8 Å². The average Bonchev–Trinajstić information content (AvgIpc) is 2.84. The Morgan fingerprint density at radius 1 is 1.44 bits per heavy atom. The number of carbonyl (C=O) groups excluding carboxylic acids is 1. The first-order valence-electron chi connectivity index (χ1n) is 5.64. The van der Waals surface area contributed by atoms with Crippen LogP contribution in [0.2, 0.25) is 0 Å². The van der Waals surface area contributed by atoms with E-state index in [-0.39, 0.29) is 12.7 Å². The monoisotopic (exact) mass is 249 g/mol. The number of carbonyl (C=O) groups is 1. The van der Waals surface area contributed by atoms with Gasteiger partial charge in [0.15, 0.2) is 11.5 Å². The van der Waals surface area contributed by atoms with Crippen LogP contribution >= 0.6 is 0 Å². The van der Waals surface area contributed by atoms with Crippen LogP contribution in [0.3, 0.4) is 0 Å². The summed E-state index contributed by atoms with van der Waals surface area (Å²) in [5.74, 6) is 1.29. The van der Waals surface area contributed by atoms with Crippen molar-refractivity contribution >= 4 is 12.0 Å². The van der Waals surface area contributed by atoms with Crippen LogP contribution in [0.15, 0.2) is 24.3 Å². The second-order valence-electron chi connectivity index (χ2n) is 3.73. The molecule has 1 aromatic carbocycles. The van der Waals surface area contributed by atoms with E-state index in [0.29, 0.717) is 18.9 Å². The minimum absolute atomic E-state index is 0.148. The quantitative estimate of drug-likeness (QED) is 0.629. The van der Waals surface area contributed by atoms with Crippen LogP contribution in [0.5, 0.6) is 11.5 Å². The van der Waals surface area contributed by atoms with Gasteiger partial charge in [-0.2, -0.15) is 0 Å². The third-order valence-corrected chi connectivity index (χ3v) is 2.43. The van der Waals surface area contributed by atoms with Gasteiger partial charge in [0.1, 0.15) is 0 Å². The predicted octanol–water partition coefficient (Wildman–Crippen LogP) is 1.19. The molecule has 5 nitrogen and oxygen atoms in total. The van der Waals surface area contributed by atoms with E-state index in [4.69, 9.17) is 14.2 Å². The van der Waals surface area contributed by atoms with Crippen LogP contribution in [-0.4, -0.2) is 33.0 Å². The normalized spacial score (nSPS) is 12.9. The standard InChI is InChI=1S/C13H15NO4/c1-16-7-6-14-13(15)5-3-10-2-4-11-12(8-10)18-9-17-11/h2-5,8H,6-7,9H2,1H3,(H,14,15)/b5-3-. The predicted molar refractivity (Wildman–Crippen MR) is 66.5 cm³/mol. The molecule has 1 N–H and O–H groups in total. The fourth-order valence-electron chi connectivity index (χ4n) is 1.52. The van der Waals surface area contributed by atoms with Gasteiger partial charge in [-0.3, -0.25) is 4.79 Å². The Balaban J connectivity index is 1.90. The maximum atomic E-state index is 11.4. The van der Waals surface area contributed by atoms with Gasteiger partial charge in [-0.1, -0.05) is 6.07 Å². The Morgan fingerprint density at radius 3 is 3.11 bits per heavy atom. The lowest BCUT2D eigenvalue weighted by molar-refractivity contribution is -0.116. The van der Waals surface area contributed by atoms with Gasteiger partial charge in [-0.15, -0.1) is 0 Å². The molecule has 1 aliphatic heterocycles. The van der Waals surface area contributed by atoms with Gasteiger partial charge in [0, 0.05) is 19.7 Å². The molecule has 0 fully saturated rings. The summed E-state index contributed by atoms with van der Waals surface area (Å²) < 4.78 is 15.3. The molecule has 0 aliphatic carbocycles. The molecule has 96 valence electrons. The van der Waals surface area contributed by atoms with Crippen LogP contribution < -0.4 is 14.8 Å². The number of fused-ring (bicyclic) bond motifs is 1. The molecule has 1 aliphatic rings. The number of amides is 1. The van der Waals surface area contributed by atoms with E-state index in [1.165, 1.54) is 6.08 Å². The van der Waals surface area contributed by atoms with E-state index < -0.39 is 0 Å². The number of benzene rings is 1. The Bertz CT molecular complexity index is 456. The Hall–Kier alpha value is -2.01. The van der Waals surface area contributed by atoms with E-state index >= 15 is 0 Å². The molecule has 1 aromatic rings. The minimum Gasteiger partial charge on any atom is -0.454 e. The molecular formula is C13H15NO4. The lowest BCUT2D eigenvalue weighted by Crippen LogP contribution is -2.24. The van der Waals surface area contributed by atoms with Crippen molar-refractivity contribution in [3.63, 3.8) is 0 Å². The van der Waals surface area contributed by atoms with Crippen LogP contribution in [0.4, 0.5) is 0 Å². The summed E-state index contributed by atoms with van der Waals surface area (Å²) in [5.41, 5.74) is 0.890. The van der Waals surface area contributed by atoms with Crippen LogP contribution in [0, 0.1) is 0 Å². The van der Waals surface area contributed by atoms with Gasteiger partial charge in [0.25, 0.3) is 0 Å². The van der Waals surface area contributed by atoms with Gasteiger partial charge >= 0.3 is 0 Å². The van der Waals surface area contributed by atoms with Crippen molar-refractivity contribution in [1.82, 2.24) is 5.32 Å². The number of hydrogen-bond donors (Lipinski definition) is 1. The van der Waals surface area contributed by atoms with Gasteiger partial charge in [0.05, 0.1) is 6.61 Å². The second-order valence-corrected chi connectivity index (χ2v) is 3.73. The molecule has 0 saturated heterocycles. The average molecular weight is 249 g/mol. The number of methoxy groups -OCH3 is 1. The van der Waals surface area contributed by atoms with Gasteiger partial charge in [-0.05, 0) is 23.8 Å². The molecule has 2 rings (SSSR count). The maximum absolute atomic E-state index is 11.4. The van der Waals surface area contributed by atoms with E-state index in [9.17, 15) is 4.79 Å². The molecule has 1 amide bonds. The van der Waals surface area contributed by atoms with E-state index in [2.05, 4.69) is 5.32 Å². The van der Waals surface area contributed by atoms with Gasteiger partial charge < -0.3 is 19.5 Å². The van der Waals surface area contributed by atoms with Crippen molar-refractivity contribution in [1.29, 1.82) is 0 Å². The SMILES string of the molecule is COCCNC(=O)/C=C\c1ccc2c(c1)OCO2. The second kappa shape index (κ2) is 6.07. The van der Waals surface area contributed by atoms with E-state index in [1.54, 1.807) is 13.2 Å². The molecule has 0 spiro atoms. The maximum Gasteiger partial charge on any atom is 0.244 e. The highest BCUT2D eigenvalue weighted by Gasteiger charge is 2.12. The first-order chi connectivity index (χ1) is 8.79. The summed E-state index contributed by atoms with van der Waals surface area (Å²) in [6.07, 6.45) is 3.21. The fourth-order valence-corrected chi connectivity index (χ4v) is 1.52. The zero-order chi connectivity index (χ0) is 12.8. The smallest absolute Gasteiger partial charge is 0.244 e. The Kier molecular flexibility index (Phi) is 4.20. The first-order valence-corrected chi connectivity index (χ1v) is 5.64. The molecule has 0 unspecified atom stereocenters. The lowest BCUT2D eigenvalue weighted by Gasteiger charge is -2.00. The largest absolute Gasteiger partial charge is 0.454 e. The Morgan fingerprint density at radius 2 is 2.28 bits per heavy atom. The van der Waals surface area contributed by atoms with Crippen LogP contribution in [-0.2, 0) is 9.53 Å². The highest BCUT2D eigenvalue weighted by molar-refractivity contribution is 5.91. The van der Waals surface area contributed by atoms with E-state index in [1.807, 2.05) is 18.2 Å². The minimum atomic E-state index is -0.148. The summed E-state index contributed by atoms with van der Waals surface area (Å²) in [6.45, 7) is 1.25. The summed E-state index contributed by atoms with van der Waals surface area (Å²) in [7, 11) is 1.59. The van der Waals surface area contributed by atoms with Crippen LogP contribution in [0.25, 0.3) is 6.08 Å². The zero-order valence-corrected chi connectivity index (χ0v) is 10.1. The molecule has 18 heavy (non-hydrogen) atoms. The van der Waals surface area contributed by atoms with Gasteiger partial charge in [-0.25, -0.2) is 0 Å². The summed E-state index contributed by atoms with van der Waals surface area (Å²) in [5, 5.41) is 2.70. The third-order valence-electron chi connectivity index (χ3n) is 2.43. The van der Waals surface area contributed by atoms with Crippen molar-refractivity contribution in [2.45, 2.75) is 0 Å². The first kappa shape index (κ1) is 12.4. The van der Waals surface area contributed by atoms with Crippen molar-refractivity contribution in [3.05, 3.63) is 29.8 Å². The van der Waals surface area contributed by atoms with Crippen molar-refractivity contribution in [2.24, 2.45) is 0 Å². The molecule has 0 saturated carbocycles. The lowest BCUT2D eigenvalue weighted by atomic mass is 10.2. The van der Waals surface area contributed by atoms with Crippen LogP contribution in [0.1, 0.15) is 5.56 Å². The van der Waals surface area contributed by atoms with Crippen molar-refractivity contribution < 1.29 is 19.0 Å². The number of ether oxygens (including phenoxy) is 3. The highest BCUT2D eigenvalue weighted by Crippen LogP contribution is 2.32. The van der Waals surface area contributed by atoms with Crippen molar-refractivity contribution in [3.8, 4) is 11.5 Å². The summed E-state index contributed by atoms with van der Waals surface area (Å²) in [6, 6.07) is 5.53. The Labute approximate surface area is 105 Å². The number of hydrogen-bond acceptors (Lipinski definition) is 4. The molecule has 0 atom stereocenters. The summed E-state index contributed by atoms with van der Waals surface area (Å²) in [4.78, 5) is 11.4. The molecule has 0 bridgehead atoms.